The molecule has 6 heteroatoms. The molecule has 1 fully saturated rings. The van der Waals surface area contributed by atoms with Crippen molar-refractivity contribution in [3.05, 3.63) is 0 Å². The summed E-state index contributed by atoms with van der Waals surface area (Å²) < 4.78 is 0. The molecule has 3 N–H and O–H groups in total. The Bertz CT molecular complexity index is 241. The van der Waals surface area contributed by atoms with E-state index in [1.165, 1.54) is 0 Å². The second-order valence-corrected chi connectivity index (χ2v) is 3.68. The lowest BCUT2D eigenvalue weighted by atomic mass is 10.3. The average molecular weight is 200 g/mol. The summed E-state index contributed by atoms with van der Waals surface area (Å²) in [6.45, 7) is 4.21. The number of hydrogen-bond acceptors (Lipinski definition) is 3. The van der Waals surface area contributed by atoms with Crippen LogP contribution >= 0.6 is 0 Å². The molecule has 0 aromatic carbocycles. The summed E-state index contributed by atoms with van der Waals surface area (Å²) >= 11 is 0. The number of hydrogen-bond donors (Lipinski definition) is 3. The Labute approximate surface area is 83.0 Å². The van der Waals surface area contributed by atoms with Crippen molar-refractivity contribution in [3.8, 4) is 0 Å². The molecule has 1 aliphatic heterocycles. The summed E-state index contributed by atoms with van der Waals surface area (Å²) in [5, 5.41) is 6.88. The molecule has 1 rings (SSSR count). The molecule has 14 heavy (non-hydrogen) atoms. The van der Waals surface area contributed by atoms with Crippen molar-refractivity contribution in [2.24, 2.45) is 0 Å². The first kappa shape index (κ1) is 10.8. The van der Waals surface area contributed by atoms with Gasteiger partial charge < -0.3 is 10.6 Å². The van der Waals surface area contributed by atoms with E-state index >= 15 is 0 Å². The first-order valence-electron chi connectivity index (χ1n) is 4.57. The Morgan fingerprint density at radius 3 is 2.71 bits per heavy atom. The maximum absolute atomic E-state index is 11.2. The molecule has 80 valence electrons. The van der Waals surface area contributed by atoms with E-state index in [-0.39, 0.29) is 18.0 Å². The fraction of sp³-hybridized carbons (Fsp3) is 0.750. The molecule has 1 aliphatic rings. The van der Waals surface area contributed by atoms with Gasteiger partial charge in [-0.15, -0.1) is 0 Å². The minimum atomic E-state index is -0.459. The third-order valence-electron chi connectivity index (χ3n) is 1.80. The quantitative estimate of drug-likeness (QED) is 0.537. The van der Waals surface area contributed by atoms with Gasteiger partial charge in [0, 0.05) is 19.6 Å². The highest BCUT2D eigenvalue weighted by Gasteiger charge is 2.29. The van der Waals surface area contributed by atoms with Gasteiger partial charge in [0.2, 0.25) is 0 Å². The van der Waals surface area contributed by atoms with Crippen LogP contribution in [-0.4, -0.2) is 42.6 Å². The van der Waals surface area contributed by atoms with E-state index in [0.29, 0.717) is 6.54 Å². The fourth-order valence-electron chi connectivity index (χ4n) is 1.24. The molecule has 3 amide bonds. The van der Waals surface area contributed by atoms with Gasteiger partial charge >= 0.3 is 6.03 Å². The van der Waals surface area contributed by atoms with Crippen LogP contribution in [0.2, 0.25) is 0 Å². The first-order valence-corrected chi connectivity index (χ1v) is 4.57. The zero-order valence-electron chi connectivity index (χ0n) is 8.63. The summed E-state index contributed by atoms with van der Waals surface area (Å²) in [6.07, 6.45) is 0. The van der Waals surface area contributed by atoms with E-state index in [0.717, 1.165) is 0 Å². The fourth-order valence-corrected chi connectivity index (χ4v) is 1.24. The molecule has 1 unspecified atom stereocenters. The van der Waals surface area contributed by atoms with Crippen molar-refractivity contribution in [2.75, 3.05) is 13.6 Å². The molecule has 0 spiro atoms. The lowest BCUT2D eigenvalue weighted by Crippen LogP contribution is -2.48. The van der Waals surface area contributed by atoms with Gasteiger partial charge in [0.25, 0.3) is 5.91 Å². The number of nitrogens with zero attached hydrogens (tertiary/aromatic N) is 1. The third-order valence-corrected chi connectivity index (χ3v) is 1.80. The van der Waals surface area contributed by atoms with Crippen LogP contribution in [0.25, 0.3) is 0 Å². The second-order valence-electron chi connectivity index (χ2n) is 3.68. The Balaban J connectivity index is 2.37. The van der Waals surface area contributed by atoms with Gasteiger partial charge in [-0.25, -0.2) is 9.80 Å². The SMILES string of the molecule is CC(C)NC(=O)NC1CN(C)NC1=O. The van der Waals surface area contributed by atoms with Crippen LogP contribution in [0.1, 0.15) is 13.8 Å². The predicted molar refractivity (Wildman–Crippen MR) is 51.4 cm³/mol. The summed E-state index contributed by atoms with van der Waals surface area (Å²) in [5.41, 5.74) is 2.58. The van der Waals surface area contributed by atoms with E-state index in [1.807, 2.05) is 13.8 Å². The molecule has 0 saturated carbocycles. The molecule has 0 radical (unpaired) electrons. The van der Waals surface area contributed by atoms with E-state index < -0.39 is 6.04 Å². The standard InChI is InChI=1S/C8H16N4O2/c1-5(2)9-8(14)10-6-4-12(3)11-7(6)13/h5-6H,4H2,1-3H3,(H,11,13)(H2,9,10,14). The third kappa shape index (κ3) is 2.88. The van der Waals surface area contributed by atoms with Gasteiger partial charge in [-0.3, -0.25) is 10.2 Å². The minimum Gasteiger partial charge on any atom is -0.336 e. The molecular formula is C8H16N4O2. The van der Waals surface area contributed by atoms with Gasteiger partial charge in [0.05, 0.1) is 0 Å². The lowest BCUT2D eigenvalue weighted by molar-refractivity contribution is -0.122. The molecule has 1 saturated heterocycles. The highest BCUT2D eigenvalue weighted by molar-refractivity contribution is 5.88. The topological polar surface area (TPSA) is 73.5 Å². The van der Waals surface area contributed by atoms with E-state index in [1.54, 1.807) is 12.1 Å². The number of hydrazine groups is 1. The van der Waals surface area contributed by atoms with E-state index in [4.69, 9.17) is 0 Å². The van der Waals surface area contributed by atoms with Crippen LogP contribution < -0.4 is 16.1 Å². The molecule has 0 aliphatic carbocycles. The summed E-state index contributed by atoms with van der Waals surface area (Å²) in [7, 11) is 1.75. The molecule has 1 heterocycles. The Morgan fingerprint density at radius 2 is 2.29 bits per heavy atom. The summed E-state index contributed by atoms with van der Waals surface area (Å²) in [4.78, 5) is 22.5. The predicted octanol–water partition coefficient (Wildman–Crippen LogP) is -0.961. The number of amides is 3. The maximum Gasteiger partial charge on any atom is 0.315 e. The molecule has 0 bridgehead atoms. The summed E-state index contributed by atoms with van der Waals surface area (Å²) in [5.74, 6) is -0.175. The van der Waals surface area contributed by atoms with Crippen LogP contribution in [0.4, 0.5) is 4.79 Å². The zero-order chi connectivity index (χ0) is 10.7. The number of carbonyl (C=O) groups is 2. The number of likely N-dealkylation sites (N-methyl/N-ethyl adjacent to an activating group) is 1. The highest BCUT2D eigenvalue weighted by Crippen LogP contribution is 1.96. The van der Waals surface area contributed by atoms with Crippen molar-refractivity contribution in [3.63, 3.8) is 0 Å². The largest absolute Gasteiger partial charge is 0.336 e. The van der Waals surface area contributed by atoms with Gasteiger partial charge in [0.1, 0.15) is 6.04 Å². The lowest BCUT2D eigenvalue weighted by Gasteiger charge is -2.12. The highest BCUT2D eigenvalue weighted by atomic mass is 16.2. The average Bonchev–Trinajstić information content (AvgIpc) is 2.28. The van der Waals surface area contributed by atoms with Gasteiger partial charge in [-0.2, -0.15) is 0 Å². The Kier molecular flexibility index (Phi) is 3.29. The molecular weight excluding hydrogens is 184 g/mol. The number of carbonyl (C=O) groups excluding carboxylic acids is 2. The number of rotatable bonds is 2. The van der Waals surface area contributed by atoms with E-state index in [2.05, 4.69) is 16.1 Å². The summed E-state index contributed by atoms with van der Waals surface area (Å²) in [6, 6.07) is -0.702. The van der Waals surface area contributed by atoms with Crippen molar-refractivity contribution < 1.29 is 9.59 Å². The second kappa shape index (κ2) is 4.28. The zero-order valence-corrected chi connectivity index (χ0v) is 8.63. The van der Waals surface area contributed by atoms with E-state index in [9.17, 15) is 9.59 Å². The Morgan fingerprint density at radius 1 is 1.64 bits per heavy atom. The van der Waals surface area contributed by atoms with Crippen LogP contribution in [0.3, 0.4) is 0 Å². The van der Waals surface area contributed by atoms with Crippen molar-refractivity contribution in [1.29, 1.82) is 0 Å². The minimum absolute atomic E-state index is 0.0668. The smallest absolute Gasteiger partial charge is 0.315 e. The van der Waals surface area contributed by atoms with Crippen molar-refractivity contribution in [2.45, 2.75) is 25.9 Å². The normalized spacial score (nSPS) is 22.3. The number of urea groups is 1. The van der Waals surface area contributed by atoms with Crippen LogP contribution in [0, 0.1) is 0 Å². The Hall–Kier alpha value is -1.30. The van der Waals surface area contributed by atoms with Gasteiger partial charge in [0.15, 0.2) is 0 Å². The first-order chi connectivity index (χ1) is 6.49. The monoisotopic (exact) mass is 200 g/mol. The molecule has 0 aromatic heterocycles. The molecule has 1 atom stereocenters. The molecule has 0 aromatic rings. The van der Waals surface area contributed by atoms with Crippen molar-refractivity contribution >= 4 is 11.9 Å². The van der Waals surface area contributed by atoms with Gasteiger partial charge in [-0.05, 0) is 13.8 Å². The van der Waals surface area contributed by atoms with Gasteiger partial charge in [-0.1, -0.05) is 0 Å². The van der Waals surface area contributed by atoms with Crippen LogP contribution in [0.15, 0.2) is 0 Å². The van der Waals surface area contributed by atoms with Crippen LogP contribution in [-0.2, 0) is 4.79 Å². The van der Waals surface area contributed by atoms with Crippen molar-refractivity contribution in [1.82, 2.24) is 21.1 Å². The number of nitrogens with one attached hydrogen (secondary N) is 3. The maximum atomic E-state index is 11.2. The molecule has 6 nitrogen and oxygen atoms in total. The van der Waals surface area contributed by atoms with Crippen LogP contribution in [0.5, 0.6) is 0 Å².